The summed E-state index contributed by atoms with van der Waals surface area (Å²) in [6, 6.07) is 7.20. The van der Waals surface area contributed by atoms with E-state index in [1.807, 2.05) is 51.3 Å². The van der Waals surface area contributed by atoms with Crippen molar-refractivity contribution in [1.29, 1.82) is 0 Å². The van der Waals surface area contributed by atoms with Gasteiger partial charge in [-0.25, -0.2) is 4.79 Å². The molecule has 1 aromatic carbocycles. The van der Waals surface area contributed by atoms with Crippen LogP contribution in [0.3, 0.4) is 0 Å². The van der Waals surface area contributed by atoms with Crippen LogP contribution in [0.4, 0.5) is 4.79 Å². The minimum absolute atomic E-state index is 0.448. The largest absolute Gasteiger partial charge is 0.497 e. The Morgan fingerprint density at radius 1 is 1.30 bits per heavy atom. The van der Waals surface area contributed by atoms with Gasteiger partial charge in [0.15, 0.2) is 5.82 Å². The highest BCUT2D eigenvalue weighted by molar-refractivity contribution is 7.98. The molecular weight excluding hydrogens is 366 g/mol. The molecule has 0 unspecified atom stereocenters. The lowest BCUT2D eigenvalue weighted by Gasteiger charge is -2.22. The lowest BCUT2D eigenvalue weighted by Crippen LogP contribution is -2.36. The van der Waals surface area contributed by atoms with E-state index in [1.165, 1.54) is 0 Å². The van der Waals surface area contributed by atoms with Gasteiger partial charge in [0.1, 0.15) is 17.4 Å². The van der Waals surface area contributed by atoms with Gasteiger partial charge in [-0.1, -0.05) is 12.1 Å². The third-order valence-electron chi connectivity index (χ3n) is 3.57. The zero-order chi connectivity index (χ0) is 19.9. The van der Waals surface area contributed by atoms with Crippen molar-refractivity contribution in [2.24, 2.45) is 0 Å². The molecule has 1 heterocycles. The van der Waals surface area contributed by atoms with Crippen LogP contribution in [0.1, 0.15) is 38.2 Å². The molecule has 1 aromatic heterocycles. The molecule has 0 fully saturated rings. The second-order valence-electron chi connectivity index (χ2n) is 6.99. The van der Waals surface area contributed by atoms with E-state index in [4.69, 9.17) is 9.47 Å². The van der Waals surface area contributed by atoms with E-state index in [1.54, 1.807) is 23.7 Å². The van der Waals surface area contributed by atoms with Crippen molar-refractivity contribution in [3.8, 4) is 5.75 Å². The summed E-state index contributed by atoms with van der Waals surface area (Å²) in [7, 11) is 1.62. The average Bonchev–Trinajstić information content (AvgIpc) is 3.07. The summed E-state index contributed by atoms with van der Waals surface area (Å²) >= 11 is 1.71. The van der Waals surface area contributed by atoms with E-state index in [-0.39, 0.29) is 0 Å². The minimum Gasteiger partial charge on any atom is -0.497 e. The molecule has 2 rings (SSSR count). The van der Waals surface area contributed by atoms with Crippen molar-refractivity contribution in [2.75, 3.05) is 19.1 Å². The molecule has 9 heteroatoms. The molecule has 8 nitrogen and oxygen atoms in total. The van der Waals surface area contributed by atoms with Crippen molar-refractivity contribution in [2.45, 2.75) is 45.4 Å². The van der Waals surface area contributed by atoms with E-state index in [2.05, 4.69) is 20.7 Å². The van der Waals surface area contributed by atoms with E-state index < -0.39 is 17.7 Å². The Labute approximate surface area is 164 Å². The van der Waals surface area contributed by atoms with E-state index in [0.29, 0.717) is 18.8 Å². The van der Waals surface area contributed by atoms with Crippen LogP contribution in [0, 0.1) is 0 Å². The van der Waals surface area contributed by atoms with Crippen LogP contribution in [0.25, 0.3) is 0 Å². The number of hydrogen-bond donors (Lipinski definition) is 1. The molecule has 0 saturated carbocycles. The van der Waals surface area contributed by atoms with E-state index in [0.717, 1.165) is 17.1 Å². The van der Waals surface area contributed by atoms with Gasteiger partial charge in [0.2, 0.25) is 0 Å². The lowest BCUT2D eigenvalue weighted by atomic mass is 10.1. The predicted molar refractivity (Wildman–Crippen MR) is 105 cm³/mol. The number of carbonyl (C=O) groups is 1. The Kier molecular flexibility index (Phi) is 7.46. The number of tetrazole rings is 1. The van der Waals surface area contributed by atoms with Gasteiger partial charge in [-0.05, 0) is 49.9 Å². The molecule has 0 spiro atoms. The summed E-state index contributed by atoms with van der Waals surface area (Å²) in [5.41, 5.74) is 0.426. The van der Waals surface area contributed by atoms with Gasteiger partial charge in [0.25, 0.3) is 0 Å². The fraction of sp³-hybridized carbons (Fsp3) is 0.556. The Hall–Kier alpha value is -2.29. The minimum atomic E-state index is -0.585. The topological polar surface area (TPSA) is 91.2 Å². The summed E-state index contributed by atoms with van der Waals surface area (Å²) in [5.74, 6) is 2.12. The molecule has 0 radical (unpaired) electrons. The van der Waals surface area contributed by atoms with Crippen LogP contribution in [0.2, 0.25) is 0 Å². The Morgan fingerprint density at radius 2 is 2.00 bits per heavy atom. The second-order valence-corrected chi connectivity index (χ2v) is 7.97. The summed E-state index contributed by atoms with van der Waals surface area (Å²) in [6.45, 7) is 6.13. The zero-order valence-corrected chi connectivity index (χ0v) is 17.2. The van der Waals surface area contributed by atoms with Gasteiger partial charge < -0.3 is 14.8 Å². The van der Waals surface area contributed by atoms with Crippen LogP contribution in [0.15, 0.2) is 24.3 Å². The number of methoxy groups -OCH3 is 1. The SMILES string of the molecule is COc1ccc(C[C@H](NC(=O)OC(C)(C)C)c2nnn(CCSC)n2)cc1. The molecule has 0 aliphatic rings. The maximum Gasteiger partial charge on any atom is 0.408 e. The number of alkyl carbamates (subject to hydrolysis) is 1. The number of nitrogens with one attached hydrogen (secondary N) is 1. The molecule has 148 valence electrons. The van der Waals surface area contributed by atoms with Gasteiger partial charge in [-0.3, -0.25) is 0 Å². The normalized spacial score (nSPS) is 12.5. The number of amides is 1. The molecule has 27 heavy (non-hydrogen) atoms. The van der Waals surface area contributed by atoms with Gasteiger partial charge in [0, 0.05) is 12.2 Å². The van der Waals surface area contributed by atoms with Crippen molar-refractivity contribution >= 4 is 17.9 Å². The van der Waals surface area contributed by atoms with Crippen molar-refractivity contribution in [1.82, 2.24) is 25.5 Å². The van der Waals surface area contributed by atoms with Crippen LogP contribution < -0.4 is 10.1 Å². The molecule has 1 N–H and O–H groups in total. The third kappa shape index (κ3) is 7.09. The number of carbonyl (C=O) groups excluding carboxylic acids is 1. The van der Waals surface area contributed by atoms with Gasteiger partial charge >= 0.3 is 6.09 Å². The summed E-state index contributed by atoms with van der Waals surface area (Å²) in [5, 5.41) is 15.5. The van der Waals surface area contributed by atoms with Crippen molar-refractivity contribution in [3.63, 3.8) is 0 Å². The number of aromatic nitrogens is 4. The lowest BCUT2D eigenvalue weighted by molar-refractivity contribution is 0.0501. The number of rotatable bonds is 8. The fourth-order valence-electron chi connectivity index (χ4n) is 2.32. The van der Waals surface area contributed by atoms with Crippen LogP contribution in [-0.2, 0) is 17.7 Å². The maximum atomic E-state index is 12.3. The summed E-state index contributed by atoms with van der Waals surface area (Å²) < 4.78 is 10.6. The molecule has 2 aromatic rings. The second kappa shape index (κ2) is 9.59. The van der Waals surface area contributed by atoms with E-state index in [9.17, 15) is 4.79 Å². The first kappa shape index (κ1) is 21.0. The first-order valence-corrected chi connectivity index (χ1v) is 10.1. The highest BCUT2D eigenvalue weighted by Crippen LogP contribution is 2.19. The Bertz CT molecular complexity index is 727. The Morgan fingerprint density at radius 3 is 2.59 bits per heavy atom. The average molecular weight is 394 g/mol. The number of aryl methyl sites for hydroxylation is 1. The fourth-order valence-corrected chi connectivity index (χ4v) is 2.66. The Balaban J connectivity index is 2.16. The highest BCUT2D eigenvalue weighted by Gasteiger charge is 2.24. The number of hydrogen-bond acceptors (Lipinski definition) is 7. The number of benzene rings is 1. The quantitative estimate of drug-likeness (QED) is 0.737. The predicted octanol–water partition coefficient (Wildman–Crippen LogP) is 2.85. The third-order valence-corrected chi connectivity index (χ3v) is 4.16. The first-order chi connectivity index (χ1) is 12.8. The molecule has 0 bridgehead atoms. The molecule has 0 aliphatic heterocycles. The smallest absolute Gasteiger partial charge is 0.408 e. The number of ether oxygens (including phenoxy) is 2. The maximum absolute atomic E-state index is 12.3. The molecule has 1 atom stereocenters. The van der Waals surface area contributed by atoms with Crippen LogP contribution in [-0.4, -0.2) is 51.0 Å². The summed E-state index contributed by atoms with van der Waals surface area (Å²) in [6.07, 6.45) is 2.02. The van der Waals surface area contributed by atoms with Gasteiger partial charge in [-0.15, -0.1) is 10.2 Å². The zero-order valence-electron chi connectivity index (χ0n) is 16.4. The summed E-state index contributed by atoms with van der Waals surface area (Å²) in [4.78, 5) is 13.8. The van der Waals surface area contributed by atoms with Gasteiger partial charge in [0.05, 0.1) is 13.7 Å². The molecule has 0 aliphatic carbocycles. The van der Waals surface area contributed by atoms with Crippen LogP contribution >= 0.6 is 11.8 Å². The highest BCUT2D eigenvalue weighted by atomic mass is 32.2. The number of nitrogens with zero attached hydrogens (tertiary/aromatic N) is 4. The number of thioether (sulfide) groups is 1. The van der Waals surface area contributed by atoms with Gasteiger partial charge in [-0.2, -0.15) is 16.6 Å². The van der Waals surface area contributed by atoms with Crippen molar-refractivity contribution in [3.05, 3.63) is 35.7 Å². The molecule has 0 saturated heterocycles. The van der Waals surface area contributed by atoms with E-state index >= 15 is 0 Å². The van der Waals surface area contributed by atoms with Crippen LogP contribution in [0.5, 0.6) is 5.75 Å². The molecule has 1 amide bonds. The first-order valence-electron chi connectivity index (χ1n) is 8.70. The molecular formula is C18H27N5O3S. The standard InChI is InChI=1S/C18H27N5O3S/c1-18(2,3)26-17(24)19-15(12-13-6-8-14(25-4)9-7-13)16-20-22-23(21-16)10-11-27-5/h6-9,15H,10-12H2,1-5H3,(H,19,24)/t15-/m0/s1. The van der Waals surface area contributed by atoms with Crippen molar-refractivity contribution < 1.29 is 14.3 Å². The monoisotopic (exact) mass is 393 g/mol.